The summed E-state index contributed by atoms with van der Waals surface area (Å²) in [4.78, 5) is 20.4. The van der Waals surface area contributed by atoms with E-state index in [0.717, 1.165) is 49.9 Å². The molecule has 1 heterocycles. The molecule has 2 aromatic rings. The number of hydrogen-bond donors (Lipinski definition) is 4. The van der Waals surface area contributed by atoms with Crippen molar-refractivity contribution in [3.63, 3.8) is 0 Å². The fourth-order valence-electron chi connectivity index (χ4n) is 3.67. The second kappa shape index (κ2) is 10.1. The summed E-state index contributed by atoms with van der Waals surface area (Å²) in [7, 11) is 2.16. The van der Waals surface area contributed by atoms with E-state index in [4.69, 9.17) is 19.8 Å². The van der Waals surface area contributed by atoms with Crippen LogP contribution in [-0.4, -0.2) is 50.9 Å². The van der Waals surface area contributed by atoms with Gasteiger partial charge < -0.3 is 20.4 Å². The van der Waals surface area contributed by atoms with Gasteiger partial charge >= 0.3 is 0 Å². The van der Waals surface area contributed by atoms with Gasteiger partial charge in [-0.25, -0.2) is 0 Å². The summed E-state index contributed by atoms with van der Waals surface area (Å²) in [5.41, 5.74) is 5.71. The van der Waals surface area contributed by atoms with E-state index < -0.39 is 11.9 Å². The van der Waals surface area contributed by atoms with Gasteiger partial charge in [0, 0.05) is 32.0 Å². The van der Waals surface area contributed by atoms with Crippen LogP contribution in [0.1, 0.15) is 36.6 Å². The summed E-state index contributed by atoms with van der Waals surface area (Å²) >= 11 is 0. The first kappa shape index (κ1) is 24.3. The lowest BCUT2D eigenvalue weighted by molar-refractivity contribution is -0.135. The summed E-state index contributed by atoms with van der Waals surface area (Å²) in [6.45, 7) is 3.24. The number of carboxylic acids is 2. The van der Waals surface area contributed by atoms with Gasteiger partial charge in [-0.15, -0.1) is 12.4 Å². The third kappa shape index (κ3) is 5.62. The highest BCUT2D eigenvalue weighted by Crippen LogP contribution is 2.49. The molecule has 29 heavy (non-hydrogen) atoms. The van der Waals surface area contributed by atoms with Crippen LogP contribution < -0.4 is 0 Å². The molecule has 1 aliphatic heterocycles. The summed E-state index contributed by atoms with van der Waals surface area (Å²) in [6.07, 6.45) is 1.94. The predicted molar refractivity (Wildman–Crippen MR) is 112 cm³/mol. The quantitative estimate of drug-likeness (QED) is 0.479. The van der Waals surface area contributed by atoms with Gasteiger partial charge in [0.1, 0.15) is 0 Å². The minimum Gasteiger partial charge on any atom is -0.504 e. The van der Waals surface area contributed by atoms with Gasteiger partial charge in [0.15, 0.2) is 11.5 Å². The normalized spacial score (nSPS) is 15.8. The maximum Gasteiger partial charge on any atom is 0.300 e. The van der Waals surface area contributed by atoms with Gasteiger partial charge in [-0.1, -0.05) is 24.3 Å². The van der Waals surface area contributed by atoms with Crippen molar-refractivity contribution in [2.24, 2.45) is 0 Å². The number of benzene rings is 2. The maximum atomic E-state index is 10.3. The standard InChI is InChI=1S/C17H17NO2.2C2H4O2.ClH/c1-18-8-7-10-3-2-4-12-15(10)13(18)9-11-5-6-14(19)17(20)16(11)12;2*1-2(3)4;/h2-6,13,19-20H,7-9H2,1H3;2*1H3,(H,3,4);1H/t13-;;;/m1.../s1. The molecule has 1 aliphatic carbocycles. The average Bonchev–Trinajstić information content (AvgIpc) is 2.60. The van der Waals surface area contributed by atoms with Crippen LogP contribution in [0.5, 0.6) is 11.5 Å². The van der Waals surface area contributed by atoms with E-state index in [-0.39, 0.29) is 23.9 Å². The number of aliphatic carboxylic acids is 2. The summed E-state index contributed by atoms with van der Waals surface area (Å²) in [6, 6.07) is 10.2. The van der Waals surface area contributed by atoms with Gasteiger partial charge in [0.2, 0.25) is 0 Å². The Morgan fingerprint density at radius 1 is 1.00 bits per heavy atom. The van der Waals surface area contributed by atoms with Crippen LogP contribution in [0.15, 0.2) is 30.3 Å². The van der Waals surface area contributed by atoms with Crippen molar-refractivity contribution >= 4 is 24.3 Å². The molecular formula is C21H26ClNO6. The average molecular weight is 424 g/mol. The highest BCUT2D eigenvalue weighted by molar-refractivity contribution is 5.85. The lowest BCUT2D eigenvalue weighted by Gasteiger charge is -2.39. The molecule has 2 aliphatic rings. The molecule has 4 rings (SSSR count). The first-order valence-corrected chi connectivity index (χ1v) is 8.88. The molecule has 0 saturated heterocycles. The summed E-state index contributed by atoms with van der Waals surface area (Å²) in [5.74, 6) is -1.69. The number of halogens is 1. The number of rotatable bonds is 0. The van der Waals surface area contributed by atoms with Crippen molar-refractivity contribution in [1.82, 2.24) is 4.90 Å². The molecule has 0 unspecified atom stereocenters. The van der Waals surface area contributed by atoms with Crippen molar-refractivity contribution in [3.05, 3.63) is 47.0 Å². The highest BCUT2D eigenvalue weighted by Gasteiger charge is 2.34. The molecule has 0 aromatic heterocycles. The SMILES string of the molecule is CC(=O)O.CC(=O)O.CN1CCc2cccc3c2[C@H]1Cc1ccc(O)c(O)c1-3.Cl. The third-order valence-corrected chi connectivity index (χ3v) is 4.72. The molecule has 8 heteroatoms. The zero-order chi connectivity index (χ0) is 21.0. The molecule has 0 bridgehead atoms. The van der Waals surface area contributed by atoms with Gasteiger partial charge in [0.25, 0.3) is 11.9 Å². The monoisotopic (exact) mass is 423 g/mol. The molecule has 0 radical (unpaired) electrons. The number of fused-ring (bicyclic) bond motifs is 2. The summed E-state index contributed by atoms with van der Waals surface area (Å²) in [5, 5.41) is 34.9. The largest absolute Gasteiger partial charge is 0.504 e. The van der Waals surface area contributed by atoms with Crippen molar-refractivity contribution < 1.29 is 30.0 Å². The van der Waals surface area contributed by atoms with E-state index in [1.165, 1.54) is 11.1 Å². The molecule has 2 aromatic carbocycles. The minimum atomic E-state index is -0.833. The maximum absolute atomic E-state index is 10.3. The zero-order valence-corrected chi connectivity index (χ0v) is 17.4. The van der Waals surface area contributed by atoms with Crippen molar-refractivity contribution in [3.8, 4) is 22.6 Å². The fraction of sp³-hybridized carbons (Fsp3) is 0.333. The topological polar surface area (TPSA) is 118 Å². The second-order valence-electron chi connectivity index (χ2n) is 6.83. The van der Waals surface area contributed by atoms with E-state index in [9.17, 15) is 10.2 Å². The number of carboxylic acid groups (broad SMARTS) is 2. The molecule has 4 N–H and O–H groups in total. The predicted octanol–water partition coefficient (Wildman–Crippen LogP) is 3.45. The number of hydrogen-bond acceptors (Lipinski definition) is 5. The fourth-order valence-corrected chi connectivity index (χ4v) is 3.67. The number of carbonyl (C=O) groups is 2. The molecule has 7 nitrogen and oxygen atoms in total. The van der Waals surface area contributed by atoms with Gasteiger partial charge in [-0.05, 0) is 48.2 Å². The molecule has 0 saturated carbocycles. The van der Waals surface area contributed by atoms with E-state index >= 15 is 0 Å². The first-order chi connectivity index (χ1) is 13.1. The smallest absolute Gasteiger partial charge is 0.300 e. The Hall–Kier alpha value is -2.77. The van der Waals surface area contributed by atoms with Crippen molar-refractivity contribution in [1.29, 1.82) is 0 Å². The Labute approximate surface area is 175 Å². The zero-order valence-electron chi connectivity index (χ0n) is 16.5. The third-order valence-electron chi connectivity index (χ3n) is 4.72. The Morgan fingerprint density at radius 3 is 2.17 bits per heavy atom. The molecule has 158 valence electrons. The van der Waals surface area contributed by atoms with Crippen LogP contribution in [0.25, 0.3) is 11.1 Å². The minimum absolute atomic E-state index is 0. The van der Waals surface area contributed by atoms with E-state index in [2.05, 4.69) is 30.1 Å². The van der Waals surface area contributed by atoms with Crippen molar-refractivity contribution in [2.45, 2.75) is 32.7 Å². The molecule has 1 atom stereocenters. The Bertz CT molecular complexity index is 879. The van der Waals surface area contributed by atoms with E-state index in [0.29, 0.717) is 6.04 Å². The molecule has 0 spiro atoms. The number of nitrogens with zero attached hydrogens (tertiary/aromatic N) is 1. The molecular weight excluding hydrogens is 398 g/mol. The van der Waals surface area contributed by atoms with Crippen LogP contribution in [0, 0.1) is 0 Å². The lowest BCUT2D eigenvalue weighted by Crippen LogP contribution is -2.35. The van der Waals surface area contributed by atoms with Gasteiger partial charge in [-0.3, -0.25) is 14.5 Å². The molecule has 0 fully saturated rings. The van der Waals surface area contributed by atoms with E-state index in [1.807, 2.05) is 6.07 Å². The summed E-state index contributed by atoms with van der Waals surface area (Å²) < 4.78 is 0. The van der Waals surface area contributed by atoms with Crippen molar-refractivity contribution in [2.75, 3.05) is 13.6 Å². The van der Waals surface area contributed by atoms with Crippen LogP contribution >= 0.6 is 12.4 Å². The highest BCUT2D eigenvalue weighted by atomic mass is 35.5. The first-order valence-electron chi connectivity index (χ1n) is 8.88. The van der Waals surface area contributed by atoms with Crippen LogP contribution in [0.3, 0.4) is 0 Å². The number of phenolic OH excluding ortho intramolecular Hbond substituents is 2. The molecule has 0 amide bonds. The second-order valence-corrected chi connectivity index (χ2v) is 6.83. The number of likely N-dealkylation sites (N-methyl/N-ethyl adjacent to an activating group) is 1. The Morgan fingerprint density at radius 2 is 1.59 bits per heavy atom. The number of aromatic hydroxyl groups is 2. The number of phenols is 2. The van der Waals surface area contributed by atoms with Crippen LogP contribution in [-0.2, 0) is 22.4 Å². The van der Waals surface area contributed by atoms with Gasteiger partial charge in [0.05, 0.1) is 0 Å². The lowest BCUT2D eigenvalue weighted by atomic mass is 9.77. The van der Waals surface area contributed by atoms with Crippen LogP contribution in [0.4, 0.5) is 0 Å². The Kier molecular flexibility index (Phi) is 8.48. The van der Waals surface area contributed by atoms with Crippen LogP contribution in [0.2, 0.25) is 0 Å². The van der Waals surface area contributed by atoms with Gasteiger partial charge in [-0.2, -0.15) is 0 Å². The Balaban J connectivity index is 0.000000405. The van der Waals surface area contributed by atoms with E-state index in [1.54, 1.807) is 6.07 Å².